The van der Waals surface area contributed by atoms with Crippen molar-refractivity contribution in [1.29, 1.82) is 0 Å². The highest BCUT2D eigenvalue weighted by atomic mass is 35.5. The predicted molar refractivity (Wildman–Crippen MR) is 83.5 cm³/mol. The van der Waals surface area contributed by atoms with Gasteiger partial charge in [-0.2, -0.15) is 4.98 Å². The lowest BCUT2D eigenvalue weighted by molar-refractivity contribution is 0.319. The number of aromatic nitrogens is 2. The second-order valence-corrected chi connectivity index (χ2v) is 4.66. The summed E-state index contributed by atoms with van der Waals surface area (Å²) in [7, 11) is 0. The van der Waals surface area contributed by atoms with E-state index in [0.29, 0.717) is 35.0 Å². The number of ether oxygens (including phenoxy) is 2. The molecule has 0 aliphatic carbocycles. The summed E-state index contributed by atoms with van der Waals surface area (Å²) in [4.78, 5) is 8.39. The molecule has 1 N–H and O–H groups in total. The SMILES string of the molecule is CCCNc1ncc(Cl)c(Oc2ccccc2OCC)n1. The molecular weight excluding hydrogens is 290 g/mol. The van der Waals surface area contributed by atoms with Gasteiger partial charge in [-0.1, -0.05) is 30.7 Å². The van der Waals surface area contributed by atoms with Crippen LogP contribution in [0.25, 0.3) is 0 Å². The number of para-hydroxylation sites is 2. The Bertz CT molecular complexity index is 593. The van der Waals surface area contributed by atoms with E-state index >= 15 is 0 Å². The largest absolute Gasteiger partial charge is 0.490 e. The van der Waals surface area contributed by atoms with Gasteiger partial charge in [0.2, 0.25) is 11.8 Å². The highest BCUT2D eigenvalue weighted by molar-refractivity contribution is 6.31. The Hall–Kier alpha value is -2.01. The molecule has 1 aromatic carbocycles. The van der Waals surface area contributed by atoms with E-state index in [1.807, 2.05) is 31.2 Å². The third-order valence-electron chi connectivity index (χ3n) is 2.60. The van der Waals surface area contributed by atoms with Gasteiger partial charge < -0.3 is 14.8 Å². The maximum Gasteiger partial charge on any atom is 0.243 e. The molecule has 2 rings (SSSR count). The molecule has 0 fully saturated rings. The maximum absolute atomic E-state index is 6.09. The van der Waals surface area contributed by atoms with Gasteiger partial charge in [0.15, 0.2) is 11.5 Å². The number of nitrogens with zero attached hydrogens (tertiary/aromatic N) is 2. The number of benzene rings is 1. The summed E-state index contributed by atoms with van der Waals surface area (Å²) >= 11 is 6.09. The average Bonchev–Trinajstić information content (AvgIpc) is 2.50. The van der Waals surface area contributed by atoms with Gasteiger partial charge in [-0.3, -0.25) is 0 Å². The molecule has 0 radical (unpaired) electrons. The van der Waals surface area contributed by atoms with Gasteiger partial charge >= 0.3 is 0 Å². The smallest absolute Gasteiger partial charge is 0.243 e. The molecule has 0 saturated heterocycles. The van der Waals surface area contributed by atoms with Crippen LogP contribution in [0, 0.1) is 0 Å². The van der Waals surface area contributed by atoms with Crippen LogP contribution in [0.4, 0.5) is 5.95 Å². The first-order valence-corrected chi connectivity index (χ1v) is 7.28. The van der Waals surface area contributed by atoms with Crippen LogP contribution in [-0.4, -0.2) is 23.1 Å². The van der Waals surface area contributed by atoms with E-state index < -0.39 is 0 Å². The number of rotatable bonds is 7. The molecule has 0 spiro atoms. The van der Waals surface area contributed by atoms with Crippen molar-refractivity contribution < 1.29 is 9.47 Å². The zero-order chi connectivity index (χ0) is 15.1. The van der Waals surface area contributed by atoms with Crippen molar-refractivity contribution in [3.05, 3.63) is 35.5 Å². The van der Waals surface area contributed by atoms with Gasteiger partial charge in [0.1, 0.15) is 5.02 Å². The zero-order valence-electron chi connectivity index (χ0n) is 12.1. The summed E-state index contributed by atoms with van der Waals surface area (Å²) < 4.78 is 11.3. The van der Waals surface area contributed by atoms with Crippen LogP contribution < -0.4 is 14.8 Å². The standard InChI is InChI=1S/C15H18ClN3O2/c1-3-9-17-15-18-10-11(16)14(19-15)21-13-8-6-5-7-12(13)20-4-2/h5-8,10H,3-4,9H2,1-2H3,(H,17,18,19). The summed E-state index contributed by atoms with van der Waals surface area (Å²) in [5.74, 6) is 2.02. The fourth-order valence-electron chi connectivity index (χ4n) is 1.66. The summed E-state index contributed by atoms with van der Waals surface area (Å²) in [5.41, 5.74) is 0. The monoisotopic (exact) mass is 307 g/mol. The summed E-state index contributed by atoms with van der Waals surface area (Å²) in [5, 5.41) is 3.45. The lowest BCUT2D eigenvalue weighted by Crippen LogP contribution is -2.05. The van der Waals surface area contributed by atoms with Crippen molar-refractivity contribution in [2.75, 3.05) is 18.5 Å². The molecule has 1 heterocycles. The molecule has 6 heteroatoms. The maximum atomic E-state index is 6.09. The van der Waals surface area contributed by atoms with Crippen LogP contribution in [0.1, 0.15) is 20.3 Å². The zero-order valence-corrected chi connectivity index (χ0v) is 12.9. The lowest BCUT2D eigenvalue weighted by Gasteiger charge is -2.12. The molecule has 0 aliphatic rings. The van der Waals surface area contributed by atoms with Crippen LogP contribution in [0.15, 0.2) is 30.5 Å². The van der Waals surface area contributed by atoms with Gasteiger partial charge in [-0.25, -0.2) is 4.98 Å². The Morgan fingerprint density at radius 2 is 1.95 bits per heavy atom. The molecule has 0 aliphatic heterocycles. The van der Waals surface area contributed by atoms with Gasteiger partial charge in [0.05, 0.1) is 12.8 Å². The van der Waals surface area contributed by atoms with Crippen molar-refractivity contribution in [3.63, 3.8) is 0 Å². The fraction of sp³-hybridized carbons (Fsp3) is 0.333. The molecule has 112 valence electrons. The molecule has 0 atom stereocenters. The van der Waals surface area contributed by atoms with Crippen molar-refractivity contribution >= 4 is 17.5 Å². The molecule has 0 amide bonds. The minimum Gasteiger partial charge on any atom is -0.490 e. The van der Waals surface area contributed by atoms with E-state index in [1.54, 1.807) is 0 Å². The molecule has 5 nitrogen and oxygen atoms in total. The molecule has 0 unspecified atom stereocenters. The minimum absolute atomic E-state index is 0.303. The van der Waals surface area contributed by atoms with Crippen LogP contribution in [0.3, 0.4) is 0 Å². The van der Waals surface area contributed by atoms with E-state index in [2.05, 4.69) is 22.2 Å². The van der Waals surface area contributed by atoms with Crippen molar-refractivity contribution in [1.82, 2.24) is 9.97 Å². The molecular formula is C15H18ClN3O2. The summed E-state index contributed by atoms with van der Waals surface area (Å²) in [6, 6.07) is 7.39. The van der Waals surface area contributed by atoms with Gasteiger partial charge in [-0.05, 0) is 25.5 Å². The van der Waals surface area contributed by atoms with Gasteiger partial charge in [0.25, 0.3) is 0 Å². The van der Waals surface area contributed by atoms with E-state index in [-0.39, 0.29) is 0 Å². The Balaban J connectivity index is 2.22. The number of halogens is 1. The Morgan fingerprint density at radius 3 is 2.67 bits per heavy atom. The van der Waals surface area contributed by atoms with Gasteiger partial charge in [-0.15, -0.1) is 0 Å². The lowest BCUT2D eigenvalue weighted by atomic mass is 10.3. The van der Waals surface area contributed by atoms with Crippen molar-refractivity contribution in [2.24, 2.45) is 0 Å². The second kappa shape index (κ2) is 7.69. The first-order valence-electron chi connectivity index (χ1n) is 6.90. The minimum atomic E-state index is 0.303. The molecule has 0 saturated carbocycles. The highest BCUT2D eigenvalue weighted by Gasteiger charge is 2.11. The Labute approximate surface area is 129 Å². The van der Waals surface area contributed by atoms with Crippen molar-refractivity contribution in [2.45, 2.75) is 20.3 Å². The first kappa shape index (κ1) is 15.4. The van der Waals surface area contributed by atoms with E-state index in [1.165, 1.54) is 6.20 Å². The highest BCUT2D eigenvalue weighted by Crippen LogP contribution is 2.33. The second-order valence-electron chi connectivity index (χ2n) is 4.26. The normalized spacial score (nSPS) is 10.2. The summed E-state index contributed by atoms with van der Waals surface area (Å²) in [6.45, 7) is 5.33. The van der Waals surface area contributed by atoms with Crippen LogP contribution >= 0.6 is 11.6 Å². The number of nitrogens with one attached hydrogen (secondary N) is 1. The Morgan fingerprint density at radius 1 is 1.19 bits per heavy atom. The van der Waals surface area contributed by atoms with E-state index in [0.717, 1.165) is 13.0 Å². The summed E-state index contributed by atoms with van der Waals surface area (Å²) in [6.07, 6.45) is 2.50. The van der Waals surface area contributed by atoms with Crippen LogP contribution in [0.2, 0.25) is 5.02 Å². The Kier molecular flexibility index (Phi) is 5.63. The molecule has 21 heavy (non-hydrogen) atoms. The van der Waals surface area contributed by atoms with Crippen LogP contribution in [-0.2, 0) is 0 Å². The predicted octanol–water partition coefficient (Wildman–Crippen LogP) is 4.14. The average molecular weight is 308 g/mol. The van der Waals surface area contributed by atoms with Gasteiger partial charge in [0, 0.05) is 6.54 Å². The van der Waals surface area contributed by atoms with E-state index in [9.17, 15) is 0 Å². The van der Waals surface area contributed by atoms with Crippen LogP contribution in [0.5, 0.6) is 17.4 Å². The third kappa shape index (κ3) is 4.23. The quantitative estimate of drug-likeness (QED) is 0.833. The number of anilines is 1. The fourth-order valence-corrected chi connectivity index (χ4v) is 1.79. The number of hydrogen-bond donors (Lipinski definition) is 1. The molecule has 2 aromatic rings. The van der Waals surface area contributed by atoms with E-state index in [4.69, 9.17) is 21.1 Å². The molecule has 1 aromatic heterocycles. The third-order valence-corrected chi connectivity index (χ3v) is 2.86. The van der Waals surface area contributed by atoms with Crippen molar-refractivity contribution in [3.8, 4) is 17.4 Å². The first-order chi connectivity index (χ1) is 10.2. The number of hydrogen-bond acceptors (Lipinski definition) is 5. The molecule has 0 bridgehead atoms. The topological polar surface area (TPSA) is 56.3 Å².